The van der Waals surface area contributed by atoms with Crippen molar-refractivity contribution in [2.24, 2.45) is 5.92 Å². The van der Waals surface area contributed by atoms with E-state index in [0.717, 1.165) is 29.3 Å². The molecule has 28 heavy (non-hydrogen) atoms. The third-order valence-corrected chi connectivity index (χ3v) is 4.72. The van der Waals surface area contributed by atoms with Crippen LogP contribution in [-0.2, 0) is 13.0 Å². The molecule has 3 aromatic rings. The second-order valence-corrected chi connectivity index (χ2v) is 7.17. The minimum atomic E-state index is -0.302. The lowest BCUT2D eigenvalue weighted by molar-refractivity contribution is 0.0945. The van der Waals surface area contributed by atoms with Crippen LogP contribution in [0.2, 0.25) is 0 Å². The van der Waals surface area contributed by atoms with Gasteiger partial charge >= 0.3 is 0 Å². The van der Waals surface area contributed by atoms with E-state index in [-0.39, 0.29) is 17.6 Å². The highest BCUT2D eigenvalue weighted by atomic mass is 19.1. The molecule has 0 saturated carbocycles. The molecule has 6 nitrogen and oxygen atoms in total. The van der Waals surface area contributed by atoms with Gasteiger partial charge < -0.3 is 5.32 Å². The van der Waals surface area contributed by atoms with Gasteiger partial charge in [0.05, 0.1) is 28.8 Å². The Morgan fingerprint density at radius 1 is 1.25 bits per heavy atom. The maximum atomic E-state index is 13.2. The van der Waals surface area contributed by atoms with E-state index in [4.69, 9.17) is 0 Å². The molecule has 0 saturated heterocycles. The molecule has 1 unspecified atom stereocenters. The van der Waals surface area contributed by atoms with Crippen molar-refractivity contribution in [3.8, 4) is 5.69 Å². The maximum Gasteiger partial charge on any atom is 0.254 e. The van der Waals surface area contributed by atoms with Crippen molar-refractivity contribution in [2.45, 2.75) is 40.7 Å². The number of carbonyl (C=O) groups excluding carboxylic acids is 1. The molecule has 7 heteroatoms. The number of halogens is 1. The van der Waals surface area contributed by atoms with Crippen molar-refractivity contribution < 1.29 is 9.18 Å². The van der Waals surface area contributed by atoms with Crippen LogP contribution >= 0.6 is 0 Å². The molecule has 1 amide bonds. The molecule has 148 valence electrons. The lowest BCUT2D eigenvalue weighted by atomic mass is 10.1. The van der Waals surface area contributed by atoms with Crippen LogP contribution < -0.4 is 5.32 Å². The standard InChI is InChI=1S/C21H26FN5O/c1-5-20-19(12-24-27(20)18-8-6-17(22)7-9-18)21(28)23-11-14(2)13-26-16(4)10-15(3)25-26/h6-10,12,14H,5,11,13H2,1-4H3,(H,23,28). The van der Waals surface area contributed by atoms with E-state index in [9.17, 15) is 9.18 Å². The van der Waals surface area contributed by atoms with Gasteiger partial charge in [-0.1, -0.05) is 13.8 Å². The van der Waals surface area contributed by atoms with Crippen molar-refractivity contribution in [3.63, 3.8) is 0 Å². The average molecular weight is 383 g/mol. The minimum Gasteiger partial charge on any atom is -0.352 e. The van der Waals surface area contributed by atoms with Gasteiger partial charge in [0.15, 0.2) is 0 Å². The maximum absolute atomic E-state index is 13.2. The lowest BCUT2D eigenvalue weighted by Gasteiger charge is -2.14. The summed E-state index contributed by atoms with van der Waals surface area (Å²) in [5.74, 6) is -0.215. The second kappa shape index (κ2) is 8.37. The summed E-state index contributed by atoms with van der Waals surface area (Å²) in [6, 6.07) is 8.12. The number of amides is 1. The third kappa shape index (κ3) is 4.30. The first-order valence-corrected chi connectivity index (χ1v) is 9.51. The molecule has 1 atom stereocenters. The highest BCUT2D eigenvalue weighted by molar-refractivity contribution is 5.95. The predicted molar refractivity (Wildman–Crippen MR) is 106 cm³/mol. The summed E-state index contributed by atoms with van der Waals surface area (Å²) in [4.78, 5) is 12.7. The second-order valence-electron chi connectivity index (χ2n) is 7.17. The summed E-state index contributed by atoms with van der Waals surface area (Å²) in [5, 5.41) is 11.8. The zero-order valence-corrected chi connectivity index (χ0v) is 16.7. The summed E-state index contributed by atoms with van der Waals surface area (Å²) in [7, 11) is 0. The first-order chi connectivity index (χ1) is 13.4. The van der Waals surface area contributed by atoms with Crippen molar-refractivity contribution in [2.75, 3.05) is 6.54 Å². The number of carbonyl (C=O) groups is 1. The Labute approximate surface area is 164 Å². The Balaban J connectivity index is 1.67. The van der Waals surface area contributed by atoms with Gasteiger partial charge in [-0.15, -0.1) is 0 Å². The third-order valence-electron chi connectivity index (χ3n) is 4.72. The Hall–Kier alpha value is -2.96. The summed E-state index contributed by atoms with van der Waals surface area (Å²) >= 11 is 0. The van der Waals surface area contributed by atoms with E-state index >= 15 is 0 Å². The van der Waals surface area contributed by atoms with Crippen LogP contribution in [0.25, 0.3) is 5.69 Å². The molecule has 0 spiro atoms. The summed E-state index contributed by atoms with van der Waals surface area (Å²) in [6.07, 6.45) is 2.21. The van der Waals surface area contributed by atoms with Crippen LogP contribution in [0.5, 0.6) is 0 Å². The van der Waals surface area contributed by atoms with Crippen LogP contribution in [-0.4, -0.2) is 32.0 Å². The zero-order chi connectivity index (χ0) is 20.3. The van der Waals surface area contributed by atoms with Crippen LogP contribution in [0, 0.1) is 25.6 Å². The molecule has 0 aliphatic heterocycles. The molecule has 0 radical (unpaired) electrons. The molecule has 1 N–H and O–H groups in total. The Bertz CT molecular complexity index is 958. The average Bonchev–Trinajstić information content (AvgIpc) is 3.23. The number of nitrogens with one attached hydrogen (secondary N) is 1. The minimum absolute atomic E-state index is 0.148. The normalized spacial score (nSPS) is 12.2. The van der Waals surface area contributed by atoms with Crippen molar-refractivity contribution in [1.29, 1.82) is 0 Å². The fourth-order valence-electron chi connectivity index (χ4n) is 3.29. The van der Waals surface area contributed by atoms with Gasteiger partial charge in [0.1, 0.15) is 5.82 Å². The predicted octanol–water partition coefficient (Wildman–Crippen LogP) is 3.45. The van der Waals surface area contributed by atoms with Gasteiger partial charge in [-0.3, -0.25) is 9.48 Å². The fourth-order valence-corrected chi connectivity index (χ4v) is 3.29. The molecule has 0 aliphatic rings. The van der Waals surface area contributed by atoms with E-state index in [0.29, 0.717) is 18.5 Å². The summed E-state index contributed by atoms with van der Waals surface area (Å²) in [5.41, 5.74) is 4.19. The van der Waals surface area contributed by atoms with Gasteiger partial charge in [0, 0.05) is 18.8 Å². The van der Waals surface area contributed by atoms with Gasteiger partial charge in [-0.2, -0.15) is 10.2 Å². The summed E-state index contributed by atoms with van der Waals surface area (Å²) < 4.78 is 16.8. The van der Waals surface area contributed by atoms with Crippen LogP contribution in [0.15, 0.2) is 36.5 Å². The number of aromatic nitrogens is 4. The molecule has 2 aromatic heterocycles. The van der Waals surface area contributed by atoms with Gasteiger partial charge in [-0.05, 0) is 56.5 Å². The van der Waals surface area contributed by atoms with Gasteiger partial charge in [-0.25, -0.2) is 9.07 Å². The van der Waals surface area contributed by atoms with Crippen molar-refractivity contribution in [3.05, 3.63) is 65.0 Å². The number of hydrogen-bond acceptors (Lipinski definition) is 3. The molecular weight excluding hydrogens is 357 g/mol. The molecule has 0 aliphatic carbocycles. The smallest absolute Gasteiger partial charge is 0.254 e. The van der Waals surface area contributed by atoms with E-state index in [1.165, 1.54) is 12.1 Å². The SMILES string of the molecule is CCc1c(C(=O)NCC(C)Cn2nc(C)cc2C)cnn1-c1ccc(F)cc1. The van der Waals surface area contributed by atoms with Crippen LogP contribution in [0.1, 0.15) is 41.3 Å². The molecule has 2 heterocycles. The number of aryl methyl sites for hydroxylation is 2. The number of benzene rings is 1. The first-order valence-electron chi connectivity index (χ1n) is 9.51. The first kappa shape index (κ1) is 19.8. The summed E-state index contributed by atoms with van der Waals surface area (Å²) in [6.45, 7) is 9.35. The Morgan fingerprint density at radius 2 is 1.96 bits per heavy atom. The van der Waals surface area contributed by atoms with Crippen molar-refractivity contribution >= 4 is 5.91 Å². The monoisotopic (exact) mass is 383 g/mol. The number of nitrogens with zero attached hydrogens (tertiary/aromatic N) is 4. The molecule has 1 aromatic carbocycles. The molecular formula is C21H26FN5O. The van der Waals surface area contributed by atoms with Gasteiger partial charge in [0.25, 0.3) is 5.91 Å². The number of rotatable bonds is 7. The van der Waals surface area contributed by atoms with Crippen molar-refractivity contribution in [1.82, 2.24) is 24.9 Å². The largest absolute Gasteiger partial charge is 0.352 e. The molecule has 0 fully saturated rings. The van der Waals surface area contributed by atoms with E-state index in [1.807, 2.05) is 31.5 Å². The zero-order valence-electron chi connectivity index (χ0n) is 16.7. The number of hydrogen-bond donors (Lipinski definition) is 1. The molecule has 0 bridgehead atoms. The van der Waals surface area contributed by atoms with Crippen LogP contribution in [0.3, 0.4) is 0 Å². The molecule has 3 rings (SSSR count). The fraction of sp³-hybridized carbons (Fsp3) is 0.381. The highest BCUT2D eigenvalue weighted by Crippen LogP contribution is 2.16. The Morgan fingerprint density at radius 3 is 2.57 bits per heavy atom. The van der Waals surface area contributed by atoms with E-state index in [1.54, 1.807) is 23.0 Å². The lowest BCUT2D eigenvalue weighted by Crippen LogP contribution is -2.30. The van der Waals surface area contributed by atoms with Gasteiger partial charge in [0.2, 0.25) is 0 Å². The quantitative estimate of drug-likeness (QED) is 0.680. The van der Waals surface area contributed by atoms with Crippen LogP contribution in [0.4, 0.5) is 4.39 Å². The topological polar surface area (TPSA) is 64.7 Å². The van der Waals surface area contributed by atoms with E-state index in [2.05, 4.69) is 22.4 Å². The van der Waals surface area contributed by atoms with E-state index < -0.39 is 0 Å². The Kier molecular flexibility index (Phi) is 5.92. The highest BCUT2D eigenvalue weighted by Gasteiger charge is 2.18.